The van der Waals surface area contributed by atoms with Crippen LogP contribution in [0.5, 0.6) is 0 Å². The second-order valence-electron chi connectivity index (χ2n) is 10.2. The van der Waals surface area contributed by atoms with Gasteiger partial charge in [0, 0.05) is 57.5 Å². The number of carbonyl (C=O) groups is 1. The number of amides is 1. The van der Waals surface area contributed by atoms with Crippen molar-refractivity contribution in [1.82, 2.24) is 20.2 Å². The minimum Gasteiger partial charge on any atom is -0.369 e. The number of pyridine rings is 2. The molecule has 6 nitrogen and oxygen atoms in total. The van der Waals surface area contributed by atoms with Crippen LogP contribution in [-0.2, 0) is 16.9 Å². The lowest BCUT2D eigenvalue weighted by atomic mass is 9.72. The molecule has 1 N–H and O–H groups in total. The first-order valence-corrected chi connectivity index (χ1v) is 12.0. The zero-order valence-corrected chi connectivity index (χ0v) is 20.5. The standard InChI is InChI=1S/C27H27F4N5O/c1-17-7-21(11-32-9-17)36-15-26(16-36)13-35(14-26)12-19-3-6-24(33-10-19)27(25(30)31,34-18(2)37)20-4-5-22(28)23(29)8-20/h3-11,25H,12-16H2,1-2H3,(H,34,37)/t27-/m0/s1. The molecule has 1 aromatic carbocycles. The number of anilines is 1. The van der Waals surface area contributed by atoms with Gasteiger partial charge in [-0.1, -0.05) is 12.1 Å². The highest BCUT2D eigenvalue weighted by molar-refractivity contribution is 5.75. The Hall–Kier alpha value is -3.53. The van der Waals surface area contributed by atoms with E-state index in [2.05, 4.69) is 31.2 Å². The molecule has 2 saturated heterocycles. The fourth-order valence-electron chi connectivity index (χ4n) is 5.48. The number of aromatic nitrogens is 2. The third-order valence-electron chi connectivity index (χ3n) is 7.11. The van der Waals surface area contributed by atoms with Gasteiger partial charge in [-0.2, -0.15) is 0 Å². The van der Waals surface area contributed by atoms with Crippen molar-refractivity contribution in [2.45, 2.75) is 32.4 Å². The van der Waals surface area contributed by atoms with E-state index in [4.69, 9.17) is 0 Å². The lowest BCUT2D eigenvalue weighted by Gasteiger charge is -2.61. The number of carbonyl (C=O) groups excluding carboxylic acids is 1. The molecular weight excluding hydrogens is 486 g/mol. The summed E-state index contributed by atoms with van der Waals surface area (Å²) in [6.45, 7) is 7.49. The number of aryl methyl sites for hydroxylation is 1. The molecule has 2 aliphatic rings. The molecule has 0 unspecified atom stereocenters. The van der Waals surface area contributed by atoms with E-state index in [1.54, 1.807) is 6.07 Å². The molecule has 3 aromatic rings. The zero-order valence-electron chi connectivity index (χ0n) is 20.5. The summed E-state index contributed by atoms with van der Waals surface area (Å²) in [6.07, 6.45) is 2.04. The van der Waals surface area contributed by atoms with Gasteiger partial charge in [-0.15, -0.1) is 0 Å². The molecule has 5 rings (SSSR count). The van der Waals surface area contributed by atoms with Crippen molar-refractivity contribution in [3.8, 4) is 0 Å². The van der Waals surface area contributed by atoms with Crippen molar-refractivity contribution in [2.75, 3.05) is 31.1 Å². The van der Waals surface area contributed by atoms with Crippen LogP contribution in [0.4, 0.5) is 23.2 Å². The van der Waals surface area contributed by atoms with Crippen LogP contribution >= 0.6 is 0 Å². The first-order valence-electron chi connectivity index (χ1n) is 12.0. The highest BCUT2D eigenvalue weighted by Gasteiger charge is 2.51. The maximum absolute atomic E-state index is 14.5. The van der Waals surface area contributed by atoms with Gasteiger partial charge >= 0.3 is 0 Å². The summed E-state index contributed by atoms with van der Waals surface area (Å²) < 4.78 is 56.5. The Morgan fingerprint density at radius 3 is 2.41 bits per heavy atom. The Bertz CT molecular complexity index is 1300. The first kappa shape index (κ1) is 25.1. The van der Waals surface area contributed by atoms with Crippen LogP contribution in [0.1, 0.15) is 29.3 Å². The second-order valence-corrected chi connectivity index (χ2v) is 10.2. The molecule has 1 amide bonds. The SMILES string of the molecule is CC(=O)N[C@@](c1ccc(F)c(F)c1)(c1ccc(CN2CC3(C2)CN(c2cncc(C)c2)C3)cn1)C(F)F. The maximum Gasteiger partial charge on any atom is 0.271 e. The van der Waals surface area contributed by atoms with Gasteiger partial charge in [0.25, 0.3) is 6.43 Å². The fourth-order valence-corrected chi connectivity index (χ4v) is 5.48. The minimum atomic E-state index is -3.17. The van der Waals surface area contributed by atoms with Crippen LogP contribution in [0.3, 0.4) is 0 Å². The molecule has 194 valence electrons. The van der Waals surface area contributed by atoms with Crippen LogP contribution in [-0.4, -0.2) is 53.4 Å². The average molecular weight is 514 g/mol. The Morgan fingerprint density at radius 1 is 1.05 bits per heavy atom. The van der Waals surface area contributed by atoms with Gasteiger partial charge in [0.2, 0.25) is 5.91 Å². The number of halogens is 4. The minimum absolute atomic E-state index is 0.158. The summed E-state index contributed by atoms with van der Waals surface area (Å²) in [7, 11) is 0. The summed E-state index contributed by atoms with van der Waals surface area (Å²) in [5, 5.41) is 2.24. The largest absolute Gasteiger partial charge is 0.369 e. The Morgan fingerprint density at radius 2 is 1.81 bits per heavy atom. The maximum atomic E-state index is 14.5. The number of likely N-dealkylation sites (tertiary alicyclic amines) is 1. The number of alkyl halides is 2. The van der Waals surface area contributed by atoms with E-state index in [0.717, 1.165) is 62.0 Å². The van der Waals surface area contributed by atoms with E-state index in [-0.39, 0.29) is 16.7 Å². The smallest absolute Gasteiger partial charge is 0.271 e. The topological polar surface area (TPSA) is 61.4 Å². The van der Waals surface area contributed by atoms with Gasteiger partial charge in [0.05, 0.1) is 17.6 Å². The van der Waals surface area contributed by atoms with Crippen molar-refractivity contribution in [2.24, 2.45) is 5.41 Å². The van der Waals surface area contributed by atoms with Crippen molar-refractivity contribution in [3.05, 3.63) is 89.0 Å². The summed E-state index contributed by atoms with van der Waals surface area (Å²) in [5.41, 5.74) is 0.470. The molecule has 0 radical (unpaired) electrons. The number of hydrogen-bond acceptors (Lipinski definition) is 5. The van der Waals surface area contributed by atoms with E-state index in [1.165, 1.54) is 12.3 Å². The number of rotatable bonds is 7. The highest BCUT2D eigenvalue weighted by Crippen LogP contribution is 2.42. The number of nitrogens with one attached hydrogen (secondary N) is 1. The average Bonchev–Trinajstić information content (AvgIpc) is 2.80. The van der Waals surface area contributed by atoms with E-state index >= 15 is 0 Å². The van der Waals surface area contributed by atoms with Crippen LogP contribution in [0.2, 0.25) is 0 Å². The van der Waals surface area contributed by atoms with E-state index in [1.807, 2.05) is 19.3 Å². The van der Waals surface area contributed by atoms with Crippen molar-refractivity contribution in [3.63, 3.8) is 0 Å². The molecule has 0 bridgehead atoms. The van der Waals surface area contributed by atoms with E-state index in [0.29, 0.717) is 12.6 Å². The van der Waals surface area contributed by atoms with Crippen LogP contribution in [0.25, 0.3) is 0 Å². The number of benzene rings is 1. The third-order valence-corrected chi connectivity index (χ3v) is 7.11. The molecule has 0 saturated carbocycles. The van der Waals surface area contributed by atoms with E-state index < -0.39 is 29.5 Å². The van der Waals surface area contributed by atoms with E-state index in [9.17, 15) is 22.4 Å². The lowest BCUT2D eigenvalue weighted by molar-refractivity contribution is -0.122. The highest BCUT2D eigenvalue weighted by atomic mass is 19.3. The Balaban J connectivity index is 1.28. The molecule has 2 aliphatic heterocycles. The monoisotopic (exact) mass is 513 g/mol. The molecule has 4 heterocycles. The number of hydrogen-bond donors (Lipinski definition) is 1. The second kappa shape index (κ2) is 9.41. The van der Waals surface area contributed by atoms with Gasteiger partial charge in [-0.3, -0.25) is 19.7 Å². The predicted octanol–water partition coefficient (Wildman–Crippen LogP) is 4.03. The Labute approximate surface area is 212 Å². The number of nitrogens with zero attached hydrogens (tertiary/aromatic N) is 4. The van der Waals surface area contributed by atoms with Gasteiger partial charge in [0.1, 0.15) is 0 Å². The summed E-state index contributed by atoms with van der Waals surface area (Å²) in [4.78, 5) is 25.0. The zero-order chi connectivity index (χ0) is 26.4. The molecule has 10 heteroatoms. The fraction of sp³-hybridized carbons (Fsp3) is 0.370. The molecule has 1 spiro atoms. The van der Waals surface area contributed by atoms with Gasteiger partial charge in [-0.05, 0) is 47.9 Å². The van der Waals surface area contributed by atoms with Gasteiger partial charge in [-0.25, -0.2) is 17.6 Å². The first-order chi connectivity index (χ1) is 17.6. The van der Waals surface area contributed by atoms with Gasteiger partial charge < -0.3 is 10.2 Å². The van der Waals surface area contributed by atoms with Crippen molar-refractivity contribution < 1.29 is 22.4 Å². The molecule has 2 fully saturated rings. The van der Waals surface area contributed by atoms with Crippen LogP contribution < -0.4 is 10.2 Å². The normalized spacial score (nSPS) is 18.3. The van der Waals surface area contributed by atoms with Crippen molar-refractivity contribution in [1.29, 1.82) is 0 Å². The predicted molar refractivity (Wildman–Crippen MR) is 130 cm³/mol. The molecule has 2 aromatic heterocycles. The molecule has 0 aliphatic carbocycles. The quantitative estimate of drug-likeness (QED) is 0.484. The van der Waals surface area contributed by atoms with Gasteiger partial charge in [0.15, 0.2) is 17.2 Å². The Kier molecular flexibility index (Phi) is 6.39. The summed E-state index contributed by atoms with van der Waals surface area (Å²) >= 11 is 0. The molecule has 1 atom stereocenters. The molecular formula is C27H27F4N5O. The van der Waals surface area contributed by atoms with Crippen molar-refractivity contribution >= 4 is 11.6 Å². The summed E-state index contributed by atoms with van der Waals surface area (Å²) in [6, 6.07) is 7.67. The third kappa shape index (κ3) is 4.66. The molecule has 37 heavy (non-hydrogen) atoms. The lowest BCUT2D eigenvalue weighted by Crippen LogP contribution is -2.72. The summed E-state index contributed by atoms with van der Waals surface area (Å²) in [5.74, 6) is -3.21. The van der Waals surface area contributed by atoms with Crippen LogP contribution in [0, 0.1) is 24.0 Å². The van der Waals surface area contributed by atoms with Crippen LogP contribution in [0.15, 0.2) is 55.0 Å².